The van der Waals surface area contributed by atoms with Crippen LogP contribution in [0.4, 0.5) is 10.5 Å². The number of carbonyl (C=O) groups is 3. The van der Waals surface area contributed by atoms with Gasteiger partial charge in [0.1, 0.15) is 5.60 Å². The lowest BCUT2D eigenvalue weighted by Gasteiger charge is -2.42. The molecule has 2 aromatic rings. The maximum Gasteiger partial charge on any atom is 0.410 e. The first-order chi connectivity index (χ1) is 15.9. The molecule has 184 valence electrons. The fraction of sp³-hybridized carbons (Fsp3) is 0.600. The molecule has 2 aliphatic heterocycles. The summed E-state index contributed by atoms with van der Waals surface area (Å²) in [5.74, 6) is -0.636. The summed E-state index contributed by atoms with van der Waals surface area (Å²) in [7, 11) is 3.70. The molecule has 0 radical (unpaired) electrons. The largest absolute Gasteiger partial charge is 0.444 e. The SMILES string of the molecule is C[C@@H]1CN(c2ccc3c(C4CCC(=O)NC4=O)nn(C)c3c2)CC[C@@H]1N(C)C(=O)OC(C)(C)C. The van der Waals surface area contributed by atoms with Gasteiger partial charge in [-0.1, -0.05) is 6.92 Å². The molecule has 0 aliphatic carbocycles. The standard InChI is InChI=1S/C25H35N5O4/c1-15-14-30(12-11-19(15)28(5)24(33)34-25(2,3)4)16-7-8-17-20(13-16)29(6)27-22(17)18-9-10-21(31)26-23(18)32/h7-8,13,15,18-19H,9-12,14H2,1-6H3,(H,26,31,32)/t15-,18?,19+/m1/s1. The summed E-state index contributed by atoms with van der Waals surface area (Å²) in [6.07, 6.45) is 1.38. The van der Waals surface area contributed by atoms with Crippen LogP contribution >= 0.6 is 0 Å². The molecule has 9 heteroatoms. The minimum Gasteiger partial charge on any atom is -0.444 e. The number of carbonyl (C=O) groups excluding carboxylic acids is 3. The van der Waals surface area contributed by atoms with Crippen molar-refractivity contribution in [3.8, 4) is 0 Å². The molecular formula is C25H35N5O4. The highest BCUT2D eigenvalue weighted by molar-refractivity contribution is 6.02. The van der Waals surface area contributed by atoms with Gasteiger partial charge in [-0.2, -0.15) is 5.10 Å². The minimum absolute atomic E-state index is 0.116. The molecule has 1 unspecified atom stereocenters. The Hall–Kier alpha value is -3.10. The van der Waals surface area contributed by atoms with Gasteiger partial charge in [0, 0.05) is 50.7 Å². The van der Waals surface area contributed by atoms with E-state index in [1.54, 1.807) is 4.90 Å². The van der Waals surface area contributed by atoms with Crippen LogP contribution in [0.25, 0.3) is 10.9 Å². The number of ether oxygens (including phenoxy) is 1. The van der Waals surface area contributed by atoms with Crippen molar-refractivity contribution in [2.24, 2.45) is 13.0 Å². The van der Waals surface area contributed by atoms with Gasteiger partial charge in [-0.25, -0.2) is 4.79 Å². The Kier molecular flexibility index (Phi) is 6.31. The lowest BCUT2D eigenvalue weighted by atomic mass is 9.91. The van der Waals surface area contributed by atoms with E-state index in [2.05, 4.69) is 34.4 Å². The first-order valence-electron chi connectivity index (χ1n) is 12.0. The monoisotopic (exact) mass is 469 g/mol. The normalized spacial score (nSPS) is 23.7. The molecule has 2 aliphatic rings. The summed E-state index contributed by atoms with van der Waals surface area (Å²) in [6.45, 7) is 9.45. The smallest absolute Gasteiger partial charge is 0.410 e. The van der Waals surface area contributed by atoms with E-state index in [1.165, 1.54) is 0 Å². The Morgan fingerprint density at radius 1 is 1.24 bits per heavy atom. The summed E-state index contributed by atoms with van der Waals surface area (Å²) in [5.41, 5.74) is 2.26. The molecule has 0 saturated carbocycles. The summed E-state index contributed by atoms with van der Waals surface area (Å²) in [4.78, 5) is 40.6. The second-order valence-corrected chi connectivity index (χ2v) is 10.6. The number of benzene rings is 1. The molecule has 3 atom stereocenters. The number of imide groups is 1. The van der Waals surface area contributed by atoms with Gasteiger partial charge in [-0.3, -0.25) is 19.6 Å². The molecule has 0 bridgehead atoms. The molecule has 2 fully saturated rings. The molecule has 2 saturated heterocycles. The number of aromatic nitrogens is 2. The van der Waals surface area contributed by atoms with Crippen molar-refractivity contribution in [2.75, 3.05) is 25.0 Å². The third kappa shape index (κ3) is 4.74. The molecule has 1 aromatic heterocycles. The fourth-order valence-corrected chi connectivity index (χ4v) is 5.09. The Bertz CT molecular complexity index is 1120. The van der Waals surface area contributed by atoms with Crippen molar-refractivity contribution >= 4 is 34.5 Å². The molecule has 9 nitrogen and oxygen atoms in total. The van der Waals surface area contributed by atoms with Gasteiger partial charge in [0.2, 0.25) is 11.8 Å². The van der Waals surface area contributed by atoms with Gasteiger partial charge in [-0.05, 0) is 57.7 Å². The van der Waals surface area contributed by atoms with E-state index in [1.807, 2.05) is 45.6 Å². The highest BCUT2D eigenvalue weighted by Crippen LogP contribution is 2.34. The second-order valence-electron chi connectivity index (χ2n) is 10.6. The van der Waals surface area contributed by atoms with Crippen molar-refractivity contribution in [1.82, 2.24) is 20.0 Å². The summed E-state index contributed by atoms with van der Waals surface area (Å²) >= 11 is 0. The van der Waals surface area contributed by atoms with Gasteiger partial charge in [0.15, 0.2) is 0 Å². The van der Waals surface area contributed by atoms with Gasteiger partial charge in [0.25, 0.3) is 0 Å². The number of anilines is 1. The van der Waals surface area contributed by atoms with Crippen molar-refractivity contribution < 1.29 is 19.1 Å². The number of nitrogens with one attached hydrogen (secondary N) is 1. The van der Waals surface area contributed by atoms with Crippen molar-refractivity contribution in [3.63, 3.8) is 0 Å². The number of piperidine rings is 2. The molecule has 3 heterocycles. The first-order valence-corrected chi connectivity index (χ1v) is 12.0. The van der Waals surface area contributed by atoms with Crippen LogP contribution in [0.15, 0.2) is 18.2 Å². The zero-order valence-corrected chi connectivity index (χ0v) is 20.9. The van der Waals surface area contributed by atoms with Crippen LogP contribution in [0.2, 0.25) is 0 Å². The Morgan fingerprint density at radius 2 is 1.97 bits per heavy atom. The Balaban J connectivity index is 1.50. The third-order valence-electron chi connectivity index (χ3n) is 6.84. The number of hydrogen-bond acceptors (Lipinski definition) is 6. The lowest BCUT2D eigenvalue weighted by Crippen LogP contribution is -2.51. The van der Waals surface area contributed by atoms with E-state index in [4.69, 9.17) is 4.74 Å². The van der Waals surface area contributed by atoms with E-state index in [0.717, 1.165) is 41.8 Å². The molecule has 1 N–H and O–H groups in total. The van der Waals surface area contributed by atoms with Gasteiger partial charge in [-0.15, -0.1) is 0 Å². The number of rotatable bonds is 3. The second kappa shape index (κ2) is 8.92. The fourth-order valence-electron chi connectivity index (χ4n) is 5.09. The number of fused-ring (bicyclic) bond motifs is 1. The number of amides is 3. The highest BCUT2D eigenvalue weighted by Gasteiger charge is 2.34. The van der Waals surface area contributed by atoms with Crippen LogP contribution in [-0.2, 0) is 21.4 Å². The van der Waals surface area contributed by atoms with E-state index in [0.29, 0.717) is 12.8 Å². The topological polar surface area (TPSA) is 96.8 Å². The zero-order valence-electron chi connectivity index (χ0n) is 20.9. The molecule has 34 heavy (non-hydrogen) atoms. The number of nitrogens with zero attached hydrogens (tertiary/aromatic N) is 4. The quantitative estimate of drug-likeness (QED) is 0.694. The average Bonchev–Trinajstić information content (AvgIpc) is 3.07. The summed E-state index contributed by atoms with van der Waals surface area (Å²) in [6, 6.07) is 6.33. The predicted octanol–water partition coefficient (Wildman–Crippen LogP) is 3.18. The van der Waals surface area contributed by atoms with Crippen LogP contribution in [0.3, 0.4) is 0 Å². The molecular weight excluding hydrogens is 434 g/mol. The van der Waals surface area contributed by atoms with Crippen LogP contribution in [0.1, 0.15) is 58.6 Å². The van der Waals surface area contributed by atoms with Gasteiger partial charge >= 0.3 is 6.09 Å². The minimum atomic E-state index is -0.513. The van der Waals surface area contributed by atoms with Crippen LogP contribution in [0, 0.1) is 5.92 Å². The van der Waals surface area contributed by atoms with Crippen molar-refractivity contribution in [2.45, 2.75) is 64.5 Å². The maximum absolute atomic E-state index is 12.5. The van der Waals surface area contributed by atoms with E-state index in [-0.39, 0.29) is 29.9 Å². The Labute approximate surface area is 200 Å². The van der Waals surface area contributed by atoms with Crippen LogP contribution in [0.5, 0.6) is 0 Å². The van der Waals surface area contributed by atoms with Crippen molar-refractivity contribution in [3.05, 3.63) is 23.9 Å². The van der Waals surface area contributed by atoms with Gasteiger partial charge in [0.05, 0.1) is 17.1 Å². The molecule has 0 spiro atoms. The first kappa shape index (κ1) is 24.0. The highest BCUT2D eigenvalue weighted by atomic mass is 16.6. The van der Waals surface area contributed by atoms with E-state index in [9.17, 15) is 14.4 Å². The number of hydrogen-bond donors (Lipinski definition) is 1. The molecule has 1 aromatic carbocycles. The summed E-state index contributed by atoms with van der Waals surface area (Å²) in [5, 5.41) is 8.01. The molecule has 3 amide bonds. The predicted molar refractivity (Wildman–Crippen MR) is 130 cm³/mol. The molecule has 4 rings (SSSR count). The maximum atomic E-state index is 12.5. The zero-order chi connectivity index (χ0) is 24.8. The van der Waals surface area contributed by atoms with Crippen molar-refractivity contribution in [1.29, 1.82) is 0 Å². The average molecular weight is 470 g/mol. The van der Waals surface area contributed by atoms with Crippen LogP contribution < -0.4 is 10.2 Å². The third-order valence-corrected chi connectivity index (χ3v) is 6.84. The Morgan fingerprint density at radius 3 is 2.62 bits per heavy atom. The van der Waals surface area contributed by atoms with Crippen LogP contribution in [-0.4, -0.2) is 64.4 Å². The summed E-state index contributed by atoms with van der Waals surface area (Å²) < 4.78 is 7.37. The van der Waals surface area contributed by atoms with E-state index >= 15 is 0 Å². The van der Waals surface area contributed by atoms with Gasteiger partial charge < -0.3 is 14.5 Å². The lowest BCUT2D eigenvalue weighted by molar-refractivity contribution is -0.134. The van der Waals surface area contributed by atoms with E-state index < -0.39 is 11.5 Å². The number of aryl methyl sites for hydroxylation is 1.